The maximum Gasteiger partial charge on any atom is 0.376 e. The summed E-state index contributed by atoms with van der Waals surface area (Å²) in [5.41, 5.74) is 0.920. The monoisotopic (exact) mass is 289 g/mol. The number of ether oxygens (including phenoxy) is 2. The Morgan fingerprint density at radius 1 is 1.19 bits per heavy atom. The van der Waals surface area contributed by atoms with Crippen LogP contribution in [0.3, 0.4) is 0 Å². The fourth-order valence-corrected chi connectivity index (χ4v) is 2.00. The number of nitrogens with zero attached hydrogens (tertiary/aromatic N) is 1. The molecule has 1 heterocycles. The van der Waals surface area contributed by atoms with Gasteiger partial charge in [-0.3, -0.25) is 0 Å². The summed E-state index contributed by atoms with van der Waals surface area (Å²) in [6.07, 6.45) is 0. The maximum atomic E-state index is 11.9. The van der Waals surface area contributed by atoms with Crippen molar-refractivity contribution in [2.75, 3.05) is 14.2 Å². The average molecular weight is 289 g/mol. The molecule has 0 radical (unpaired) electrons. The Balaban J connectivity index is 2.61. The number of aromatic nitrogens is 1. The zero-order valence-corrected chi connectivity index (χ0v) is 12.9. The van der Waals surface area contributed by atoms with Gasteiger partial charge < -0.3 is 13.9 Å². The standard InChI is InChI=1S/C16H19NO4/c1-16(2,3)13-12(15(18)20-5)21-14(17-13)10-8-6-7-9-11(10)19-4/h6-9H,1-5H3. The second kappa shape index (κ2) is 5.60. The van der Waals surface area contributed by atoms with Crippen molar-refractivity contribution in [1.29, 1.82) is 0 Å². The van der Waals surface area contributed by atoms with Crippen LogP contribution in [-0.4, -0.2) is 25.2 Å². The molecule has 0 bridgehead atoms. The van der Waals surface area contributed by atoms with Crippen LogP contribution in [0.5, 0.6) is 5.75 Å². The number of oxazole rings is 1. The minimum Gasteiger partial charge on any atom is -0.496 e. The van der Waals surface area contributed by atoms with Gasteiger partial charge in [0.2, 0.25) is 11.7 Å². The molecule has 0 aliphatic heterocycles. The molecule has 0 saturated carbocycles. The number of hydrogen-bond donors (Lipinski definition) is 0. The third-order valence-corrected chi connectivity index (χ3v) is 3.05. The van der Waals surface area contributed by atoms with Gasteiger partial charge in [-0.05, 0) is 12.1 Å². The third kappa shape index (κ3) is 2.91. The summed E-state index contributed by atoms with van der Waals surface area (Å²) in [6.45, 7) is 5.88. The molecule has 0 N–H and O–H groups in total. The van der Waals surface area contributed by atoms with Crippen LogP contribution in [0.1, 0.15) is 37.0 Å². The molecule has 0 aliphatic rings. The van der Waals surface area contributed by atoms with Crippen LogP contribution in [0.4, 0.5) is 0 Å². The molecule has 0 atom stereocenters. The summed E-state index contributed by atoms with van der Waals surface area (Å²) >= 11 is 0. The zero-order chi connectivity index (χ0) is 15.6. The predicted molar refractivity (Wildman–Crippen MR) is 78.5 cm³/mol. The topological polar surface area (TPSA) is 61.6 Å². The first-order valence-electron chi connectivity index (χ1n) is 6.61. The van der Waals surface area contributed by atoms with Gasteiger partial charge in [-0.25, -0.2) is 9.78 Å². The molecule has 0 unspecified atom stereocenters. The lowest BCUT2D eigenvalue weighted by atomic mass is 9.91. The second-order valence-electron chi connectivity index (χ2n) is 5.64. The van der Waals surface area contributed by atoms with Crippen molar-refractivity contribution < 1.29 is 18.7 Å². The fourth-order valence-electron chi connectivity index (χ4n) is 2.00. The molecule has 1 aromatic carbocycles. The Hall–Kier alpha value is -2.30. The molecule has 0 saturated heterocycles. The van der Waals surface area contributed by atoms with Gasteiger partial charge >= 0.3 is 5.97 Å². The van der Waals surface area contributed by atoms with E-state index in [0.29, 0.717) is 22.9 Å². The summed E-state index contributed by atoms with van der Waals surface area (Å²) in [5, 5.41) is 0. The molecule has 2 rings (SSSR count). The average Bonchev–Trinajstić information content (AvgIpc) is 2.91. The SMILES string of the molecule is COC(=O)c1oc(-c2ccccc2OC)nc1C(C)(C)C. The van der Waals surface area contributed by atoms with Crippen LogP contribution in [0, 0.1) is 0 Å². The lowest BCUT2D eigenvalue weighted by Gasteiger charge is -2.15. The molecule has 0 aliphatic carbocycles. The van der Waals surface area contributed by atoms with Crippen molar-refractivity contribution in [2.45, 2.75) is 26.2 Å². The molecule has 0 fully saturated rings. The van der Waals surface area contributed by atoms with Crippen molar-refractivity contribution in [1.82, 2.24) is 4.98 Å². The first kappa shape index (κ1) is 15.1. The van der Waals surface area contributed by atoms with E-state index in [4.69, 9.17) is 13.9 Å². The van der Waals surface area contributed by atoms with Gasteiger partial charge in [0, 0.05) is 5.41 Å². The largest absolute Gasteiger partial charge is 0.496 e. The number of carbonyl (C=O) groups is 1. The van der Waals surface area contributed by atoms with E-state index in [2.05, 4.69) is 4.98 Å². The molecule has 1 aromatic heterocycles. The van der Waals surface area contributed by atoms with Crippen molar-refractivity contribution in [3.8, 4) is 17.2 Å². The first-order valence-corrected chi connectivity index (χ1v) is 6.61. The van der Waals surface area contributed by atoms with Crippen molar-refractivity contribution in [3.05, 3.63) is 35.7 Å². The highest BCUT2D eigenvalue weighted by Gasteiger charge is 2.30. The van der Waals surface area contributed by atoms with E-state index in [1.807, 2.05) is 45.0 Å². The fraction of sp³-hybridized carbons (Fsp3) is 0.375. The summed E-state index contributed by atoms with van der Waals surface area (Å²) < 4.78 is 15.7. The lowest BCUT2D eigenvalue weighted by Crippen LogP contribution is -2.17. The van der Waals surface area contributed by atoms with Crippen molar-refractivity contribution >= 4 is 5.97 Å². The highest BCUT2D eigenvalue weighted by molar-refractivity contribution is 5.88. The maximum absolute atomic E-state index is 11.9. The van der Waals surface area contributed by atoms with Gasteiger partial charge in [-0.1, -0.05) is 32.9 Å². The van der Waals surface area contributed by atoms with Gasteiger partial charge in [0.15, 0.2) is 0 Å². The van der Waals surface area contributed by atoms with Crippen molar-refractivity contribution in [3.63, 3.8) is 0 Å². The number of hydrogen-bond acceptors (Lipinski definition) is 5. The predicted octanol–water partition coefficient (Wildman–Crippen LogP) is 3.43. The molecular weight excluding hydrogens is 270 g/mol. The Labute approximate surface area is 123 Å². The van der Waals surface area contributed by atoms with E-state index in [1.54, 1.807) is 7.11 Å². The number of benzene rings is 1. The summed E-state index contributed by atoms with van der Waals surface area (Å²) in [5.74, 6) is 0.577. The second-order valence-corrected chi connectivity index (χ2v) is 5.64. The van der Waals surface area contributed by atoms with Crippen LogP contribution in [0.2, 0.25) is 0 Å². The van der Waals surface area contributed by atoms with E-state index < -0.39 is 5.97 Å². The third-order valence-electron chi connectivity index (χ3n) is 3.05. The number of carbonyl (C=O) groups excluding carboxylic acids is 1. The minimum atomic E-state index is -0.534. The Kier molecular flexibility index (Phi) is 4.02. The quantitative estimate of drug-likeness (QED) is 0.810. The Bertz CT molecular complexity index is 653. The molecule has 0 amide bonds. The van der Waals surface area contributed by atoms with Gasteiger partial charge in [-0.15, -0.1) is 0 Å². The Morgan fingerprint density at radius 2 is 1.86 bits per heavy atom. The van der Waals surface area contributed by atoms with Crippen LogP contribution in [0.15, 0.2) is 28.7 Å². The molecule has 21 heavy (non-hydrogen) atoms. The zero-order valence-electron chi connectivity index (χ0n) is 12.9. The molecule has 5 nitrogen and oxygen atoms in total. The summed E-state index contributed by atoms with van der Waals surface area (Å²) in [4.78, 5) is 16.4. The summed E-state index contributed by atoms with van der Waals surface area (Å²) in [6, 6.07) is 7.36. The van der Waals surface area contributed by atoms with Gasteiger partial charge in [0.1, 0.15) is 11.4 Å². The van der Waals surface area contributed by atoms with Crippen LogP contribution in [-0.2, 0) is 10.2 Å². The van der Waals surface area contributed by atoms with Gasteiger partial charge in [-0.2, -0.15) is 0 Å². The molecule has 0 spiro atoms. The Morgan fingerprint density at radius 3 is 2.43 bits per heavy atom. The van der Waals surface area contributed by atoms with Gasteiger partial charge in [0.05, 0.1) is 19.8 Å². The van der Waals surface area contributed by atoms with E-state index >= 15 is 0 Å². The van der Waals surface area contributed by atoms with Gasteiger partial charge in [0.25, 0.3) is 0 Å². The molecule has 112 valence electrons. The minimum absolute atomic E-state index is 0.130. The van der Waals surface area contributed by atoms with Crippen LogP contribution in [0.25, 0.3) is 11.5 Å². The van der Waals surface area contributed by atoms with Crippen LogP contribution < -0.4 is 4.74 Å². The smallest absolute Gasteiger partial charge is 0.376 e. The highest BCUT2D eigenvalue weighted by Crippen LogP contribution is 2.34. The first-order chi connectivity index (χ1) is 9.88. The highest BCUT2D eigenvalue weighted by atomic mass is 16.5. The van der Waals surface area contributed by atoms with E-state index in [0.717, 1.165) is 0 Å². The number of para-hydroxylation sites is 1. The van der Waals surface area contributed by atoms with E-state index in [9.17, 15) is 4.79 Å². The van der Waals surface area contributed by atoms with E-state index in [-0.39, 0.29) is 11.2 Å². The van der Waals surface area contributed by atoms with Crippen LogP contribution >= 0.6 is 0 Å². The summed E-state index contributed by atoms with van der Waals surface area (Å²) in [7, 11) is 2.90. The molecule has 2 aromatic rings. The number of esters is 1. The lowest BCUT2D eigenvalue weighted by molar-refractivity contribution is 0.0562. The number of rotatable bonds is 3. The number of methoxy groups -OCH3 is 2. The molecule has 5 heteroatoms. The molecular formula is C16H19NO4. The van der Waals surface area contributed by atoms with E-state index in [1.165, 1.54) is 7.11 Å². The van der Waals surface area contributed by atoms with Crippen molar-refractivity contribution in [2.24, 2.45) is 0 Å². The normalized spacial score (nSPS) is 11.3.